The summed E-state index contributed by atoms with van der Waals surface area (Å²) in [5.74, 6) is -0.366. The Kier molecular flexibility index (Phi) is 5.31. The number of carbonyl (C=O) groups excluding carboxylic acids is 1. The average Bonchev–Trinajstić information content (AvgIpc) is 3.50. The first-order valence-corrected chi connectivity index (χ1v) is 12.2. The summed E-state index contributed by atoms with van der Waals surface area (Å²) in [7, 11) is 0. The van der Waals surface area contributed by atoms with E-state index in [1.807, 2.05) is 17.0 Å². The molecule has 0 bridgehead atoms. The third kappa shape index (κ3) is 3.79. The van der Waals surface area contributed by atoms with Gasteiger partial charge in [-0.15, -0.1) is 0 Å². The zero-order valence-corrected chi connectivity index (χ0v) is 19.0. The highest BCUT2D eigenvalue weighted by molar-refractivity contribution is 5.94. The zero-order valence-electron chi connectivity index (χ0n) is 19.0. The molecule has 3 aromatic rings. The number of fused-ring (bicyclic) bond motifs is 1. The number of hydrogen-bond donors (Lipinski definition) is 0. The van der Waals surface area contributed by atoms with E-state index in [-0.39, 0.29) is 5.91 Å². The molecular formula is C28H30N2O3. The lowest BCUT2D eigenvalue weighted by atomic mass is 9.98. The molecule has 3 aliphatic rings. The molecule has 1 aromatic heterocycles. The van der Waals surface area contributed by atoms with Gasteiger partial charge in [0.05, 0.1) is 18.9 Å². The Morgan fingerprint density at radius 2 is 1.55 bits per heavy atom. The lowest BCUT2D eigenvalue weighted by Gasteiger charge is -2.37. The van der Waals surface area contributed by atoms with Gasteiger partial charge in [0, 0.05) is 42.9 Å². The smallest absolute Gasteiger partial charge is 0.253 e. The van der Waals surface area contributed by atoms with Crippen molar-refractivity contribution >= 4 is 5.91 Å². The quantitative estimate of drug-likeness (QED) is 0.573. The topological polar surface area (TPSA) is 43.7 Å². The van der Waals surface area contributed by atoms with E-state index in [1.165, 1.54) is 35.4 Å². The number of aromatic nitrogens is 1. The van der Waals surface area contributed by atoms with Crippen LogP contribution in [0.3, 0.4) is 0 Å². The second-order valence-corrected chi connectivity index (χ2v) is 9.36. The highest BCUT2D eigenvalue weighted by Crippen LogP contribution is 2.35. The van der Waals surface area contributed by atoms with Gasteiger partial charge in [-0.1, -0.05) is 30.3 Å². The van der Waals surface area contributed by atoms with Crippen molar-refractivity contribution in [3.05, 3.63) is 77.5 Å². The number of hydrogen-bond acceptors (Lipinski definition) is 3. The first-order chi connectivity index (χ1) is 16.2. The van der Waals surface area contributed by atoms with E-state index in [0.717, 1.165) is 36.9 Å². The zero-order chi connectivity index (χ0) is 22.3. The molecule has 3 heterocycles. The Morgan fingerprint density at radius 3 is 2.27 bits per heavy atom. The second kappa shape index (κ2) is 8.47. The van der Waals surface area contributed by atoms with Gasteiger partial charge in [0.15, 0.2) is 5.79 Å². The molecule has 170 valence electrons. The van der Waals surface area contributed by atoms with Crippen LogP contribution in [0.2, 0.25) is 0 Å². The molecule has 2 saturated heterocycles. The van der Waals surface area contributed by atoms with Gasteiger partial charge >= 0.3 is 0 Å². The Bertz CT molecular complexity index is 1130. The second-order valence-electron chi connectivity index (χ2n) is 9.36. The molecule has 0 radical (unpaired) electrons. The van der Waals surface area contributed by atoms with E-state index in [9.17, 15) is 4.79 Å². The third-order valence-electron chi connectivity index (χ3n) is 7.37. The van der Waals surface area contributed by atoms with Gasteiger partial charge in [0.1, 0.15) is 0 Å². The lowest BCUT2D eigenvalue weighted by Crippen LogP contribution is -2.47. The molecule has 1 spiro atoms. The van der Waals surface area contributed by atoms with Crippen molar-refractivity contribution in [1.29, 1.82) is 0 Å². The number of nitrogens with zero attached hydrogens (tertiary/aromatic N) is 2. The minimum absolute atomic E-state index is 0.0900. The number of ether oxygens (including phenoxy) is 2. The van der Waals surface area contributed by atoms with Crippen molar-refractivity contribution in [2.75, 3.05) is 26.3 Å². The van der Waals surface area contributed by atoms with Gasteiger partial charge in [-0.25, -0.2) is 0 Å². The maximum Gasteiger partial charge on any atom is 0.253 e. The molecule has 0 N–H and O–H groups in total. The van der Waals surface area contributed by atoms with Crippen LogP contribution >= 0.6 is 0 Å². The van der Waals surface area contributed by atoms with E-state index >= 15 is 0 Å². The highest BCUT2D eigenvalue weighted by Gasteiger charge is 2.40. The van der Waals surface area contributed by atoms with E-state index in [2.05, 4.69) is 53.1 Å². The van der Waals surface area contributed by atoms with Crippen LogP contribution in [0.1, 0.15) is 47.3 Å². The van der Waals surface area contributed by atoms with Crippen LogP contribution in [0.15, 0.2) is 60.7 Å². The van der Waals surface area contributed by atoms with Crippen LogP contribution in [0.4, 0.5) is 0 Å². The van der Waals surface area contributed by atoms with Crippen molar-refractivity contribution in [3.63, 3.8) is 0 Å². The monoisotopic (exact) mass is 442 g/mol. The SMILES string of the molecule is O=C(c1ccc(-n2c(-c3ccccc3)cc3c2CCCC3)cc1)N1CCC2(CC1)OCCO2. The minimum Gasteiger partial charge on any atom is -0.347 e. The third-order valence-corrected chi connectivity index (χ3v) is 7.37. The van der Waals surface area contributed by atoms with E-state index in [0.29, 0.717) is 26.3 Å². The number of rotatable bonds is 3. The van der Waals surface area contributed by atoms with Crippen molar-refractivity contribution < 1.29 is 14.3 Å². The average molecular weight is 443 g/mol. The first kappa shape index (κ1) is 20.7. The summed E-state index contributed by atoms with van der Waals surface area (Å²) in [6.07, 6.45) is 6.21. The summed E-state index contributed by atoms with van der Waals surface area (Å²) in [6, 6.07) is 21.1. The molecule has 33 heavy (non-hydrogen) atoms. The molecule has 0 unspecified atom stereocenters. The summed E-state index contributed by atoms with van der Waals surface area (Å²) < 4.78 is 14.0. The van der Waals surface area contributed by atoms with Crippen LogP contribution < -0.4 is 0 Å². The summed E-state index contributed by atoms with van der Waals surface area (Å²) in [5.41, 5.74) is 7.20. The molecule has 6 rings (SSSR count). The fourth-order valence-corrected chi connectivity index (χ4v) is 5.59. The summed E-state index contributed by atoms with van der Waals surface area (Å²) in [5, 5.41) is 0. The van der Waals surface area contributed by atoms with Gasteiger partial charge in [-0.05, 0) is 67.1 Å². The van der Waals surface area contributed by atoms with Crippen molar-refractivity contribution in [1.82, 2.24) is 9.47 Å². The molecular weight excluding hydrogens is 412 g/mol. The molecule has 2 aromatic carbocycles. The molecule has 2 aliphatic heterocycles. The number of aryl methyl sites for hydroxylation is 1. The molecule has 5 heteroatoms. The Labute approximate surface area is 194 Å². The van der Waals surface area contributed by atoms with Gasteiger partial charge in [-0.2, -0.15) is 0 Å². The predicted molar refractivity (Wildman–Crippen MR) is 128 cm³/mol. The first-order valence-electron chi connectivity index (χ1n) is 12.2. The number of piperidine rings is 1. The Hall–Kier alpha value is -2.89. The van der Waals surface area contributed by atoms with E-state index in [1.54, 1.807) is 0 Å². The van der Waals surface area contributed by atoms with Crippen LogP contribution in [0.5, 0.6) is 0 Å². The summed E-state index contributed by atoms with van der Waals surface area (Å²) >= 11 is 0. The largest absolute Gasteiger partial charge is 0.347 e. The van der Waals surface area contributed by atoms with Gasteiger partial charge < -0.3 is 18.9 Å². The standard InChI is InChI=1S/C28H30N2O3/c31-27(29-16-14-28(15-17-29)32-18-19-33-28)22-10-12-24(13-11-22)30-25-9-5-4-8-23(25)20-26(30)21-6-2-1-3-7-21/h1-3,6-7,10-13,20H,4-5,8-9,14-19H2. The maximum absolute atomic E-state index is 13.2. The predicted octanol–water partition coefficient (Wildman–Crippen LogP) is 5.00. The van der Waals surface area contributed by atoms with Crippen molar-refractivity contribution in [2.45, 2.75) is 44.3 Å². The number of likely N-dealkylation sites (tertiary alicyclic amines) is 1. The molecule has 2 fully saturated rings. The molecule has 0 saturated carbocycles. The van der Waals surface area contributed by atoms with Crippen molar-refractivity contribution in [3.8, 4) is 16.9 Å². The number of carbonyl (C=O) groups is 1. The summed E-state index contributed by atoms with van der Waals surface area (Å²) in [4.78, 5) is 15.1. The number of amides is 1. The van der Waals surface area contributed by atoms with Gasteiger partial charge in [0.2, 0.25) is 0 Å². The normalized spacial score (nSPS) is 19.6. The summed E-state index contributed by atoms with van der Waals surface area (Å²) in [6.45, 7) is 2.65. The van der Waals surface area contributed by atoms with E-state index < -0.39 is 5.79 Å². The van der Waals surface area contributed by atoms with Gasteiger partial charge in [-0.3, -0.25) is 4.79 Å². The highest BCUT2D eigenvalue weighted by atomic mass is 16.7. The van der Waals surface area contributed by atoms with Gasteiger partial charge in [0.25, 0.3) is 5.91 Å². The Balaban J connectivity index is 1.27. The van der Waals surface area contributed by atoms with Crippen LogP contribution in [0, 0.1) is 0 Å². The molecule has 5 nitrogen and oxygen atoms in total. The van der Waals surface area contributed by atoms with Crippen LogP contribution in [-0.2, 0) is 22.3 Å². The van der Waals surface area contributed by atoms with Crippen molar-refractivity contribution in [2.24, 2.45) is 0 Å². The van der Waals surface area contributed by atoms with E-state index in [4.69, 9.17) is 9.47 Å². The van der Waals surface area contributed by atoms with Crippen LogP contribution in [0.25, 0.3) is 16.9 Å². The fourth-order valence-electron chi connectivity index (χ4n) is 5.59. The fraction of sp³-hybridized carbons (Fsp3) is 0.393. The molecule has 1 amide bonds. The molecule has 1 aliphatic carbocycles. The maximum atomic E-state index is 13.2. The lowest BCUT2D eigenvalue weighted by molar-refractivity contribution is -0.181. The molecule has 0 atom stereocenters. The number of benzene rings is 2. The van der Waals surface area contributed by atoms with Crippen LogP contribution in [-0.4, -0.2) is 47.5 Å². The minimum atomic E-state index is -0.456. The Morgan fingerprint density at radius 1 is 0.848 bits per heavy atom.